The second kappa shape index (κ2) is 6.39. The van der Waals surface area contributed by atoms with E-state index in [-0.39, 0.29) is 30.3 Å². The Bertz CT molecular complexity index is 563. The fraction of sp³-hybridized carbons (Fsp3) is 0.400. The number of carbonyl (C=O) groups excluding carboxylic acids is 2. The average Bonchev–Trinajstić information content (AvgIpc) is 2.40. The molecule has 0 heterocycles. The minimum Gasteiger partial charge on any atom is -0.484 e. The Morgan fingerprint density at radius 2 is 2.05 bits per heavy atom. The molecule has 0 saturated heterocycles. The molecule has 21 heavy (non-hydrogen) atoms. The number of carboxylic acids is 1. The van der Waals surface area contributed by atoms with Crippen molar-refractivity contribution >= 4 is 17.7 Å². The molecule has 0 spiro atoms. The molecular formula is C15H17NO5. The first-order valence-electron chi connectivity index (χ1n) is 6.71. The largest absolute Gasteiger partial charge is 0.484 e. The second-order valence-corrected chi connectivity index (χ2v) is 5.14. The van der Waals surface area contributed by atoms with Crippen LogP contribution >= 0.6 is 0 Å². The topological polar surface area (TPSA) is 92.7 Å². The van der Waals surface area contributed by atoms with E-state index >= 15 is 0 Å². The van der Waals surface area contributed by atoms with Gasteiger partial charge in [0.15, 0.2) is 12.4 Å². The van der Waals surface area contributed by atoms with Gasteiger partial charge in [-0.15, -0.1) is 0 Å². The standard InChI is InChI=1S/C15H17NO5/c1-9(17)10-3-2-4-13(7-10)21-8-14(18)16-12-5-11(6-12)15(19)20/h2-4,7,11-12H,5-6,8H2,1H3,(H,16,18)(H,19,20). The summed E-state index contributed by atoms with van der Waals surface area (Å²) in [6.07, 6.45) is 0.918. The fourth-order valence-corrected chi connectivity index (χ4v) is 2.16. The van der Waals surface area contributed by atoms with Crippen LogP contribution in [-0.4, -0.2) is 35.4 Å². The second-order valence-electron chi connectivity index (χ2n) is 5.14. The van der Waals surface area contributed by atoms with Gasteiger partial charge in [0.05, 0.1) is 5.92 Å². The van der Waals surface area contributed by atoms with Gasteiger partial charge in [0.1, 0.15) is 5.75 Å². The van der Waals surface area contributed by atoms with Crippen LogP contribution in [0, 0.1) is 5.92 Å². The van der Waals surface area contributed by atoms with E-state index in [9.17, 15) is 14.4 Å². The van der Waals surface area contributed by atoms with Crippen LogP contribution in [0.3, 0.4) is 0 Å². The van der Waals surface area contributed by atoms with Gasteiger partial charge in [0.25, 0.3) is 5.91 Å². The maximum Gasteiger partial charge on any atom is 0.306 e. The fourth-order valence-electron chi connectivity index (χ4n) is 2.16. The maximum absolute atomic E-state index is 11.7. The number of Topliss-reactive ketones (excluding diaryl/α,β-unsaturated/α-hetero) is 1. The van der Waals surface area contributed by atoms with Crippen molar-refractivity contribution in [3.8, 4) is 5.75 Å². The number of benzene rings is 1. The number of hydrogen-bond donors (Lipinski definition) is 2. The lowest BCUT2D eigenvalue weighted by Gasteiger charge is -2.32. The Labute approximate surface area is 122 Å². The van der Waals surface area contributed by atoms with Crippen LogP contribution in [0.5, 0.6) is 5.75 Å². The molecule has 0 radical (unpaired) electrons. The molecule has 1 aliphatic rings. The number of carbonyl (C=O) groups is 3. The average molecular weight is 291 g/mol. The van der Waals surface area contributed by atoms with Gasteiger partial charge in [-0.1, -0.05) is 12.1 Å². The van der Waals surface area contributed by atoms with Crippen molar-refractivity contribution in [2.75, 3.05) is 6.61 Å². The van der Waals surface area contributed by atoms with Crippen molar-refractivity contribution in [1.29, 1.82) is 0 Å². The minimum atomic E-state index is -0.821. The smallest absolute Gasteiger partial charge is 0.306 e. The third kappa shape index (κ3) is 4.05. The maximum atomic E-state index is 11.7. The van der Waals surface area contributed by atoms with Gasteiger partial charge < -0.3 is 15.2 Å². The van der Waals surface area contributed by atoms with Crippen molar-refractivity contribution in [2.45, 2.75) is 25.8 Å². The first-order valence-corrected chi connectivity index (χ1v) is 6.71. The Morgan fingerprint density at radius 1 is 1.33 bits per heavy atom. The zero-order valence-electron chi connectivity index (χ0n) is 11.7. The van der Waals surface area contributed by atoms with E-state index in [0.29, 0.717) is 24.2 Å². The van der Waals surface area contributed by atoms with Crippen LogP contribution in [0.2, 0.25) is 0 Å². The molecule has 0 atom stereocenters. The van der Waals surface area contributed by atoms with Crippen molar-refractivity contribution in [3.05, 3.63) is 29.8 Å². The molecule has 1 fully saturated rings. The van der Waals surface area contributed by atoms with Gasteiger partial charge >= 0.3 is 5.97 Å². The highest BCUT2D eigenvalue weighted by Crippen LogP contribution is 2.27. The van der Waals surface area contributed by atoms with Gasteiger partial charge in [-0.05, 0) is 31.9 Å². The van der Waals surface area contributed by atoms with Crippen molar-refractivity contribution in [3.63, 3.8) is 0 Å². The molecule has 6 nitrogen and oxygen atoms in total. The van der Waals surface area contributed by atoms with Gasteiger partial charge in [-0.3, -0.25) is 14.4 Å². The van der Waals surface area contributed by atoms with E-state index in [1.54, 1.807) is 24.3 Å². The molecule has 2 rings (SSSR count). The molecule has 112 valence electrons. The van der Waals surface area contributed by atoms with Crippen LogP contribution in [-0.2, 0) is 9.59 Å². The normalized spacial score (nSPS) is 20.2. The lowest BCUT2D eigenvalue weighted by atomic mass is 9.80. The molecule has 1 amide bonds. The summed E-state index contributed by atoms with van der Waals surface area (Å²) in [5.74, 6) is -1.09. The third-order valence-electron chi connectivity index (χ3n) is 3.46. The highest BCUT2D eigenvalue weighted by molar-refractivity contribution is 5.94. The number of nitrogens with one attached hydrogen (secondary N) is 1. The van der Waals surface area contributed by atoms with Crippen LogP contribution in [0.1, 0.15) is 30.1 Å². The van der Waals surface area contributed by atoms with Crippen molar-refractivity contribution < 1.29 is 24.2 Å². The Hall–Kier alpha value is -2.37. The number of ketones is 1. The lowest BCUT2D eigenvalue weighted by Crippen LogP contribution is -2.48. The molecule has 0 bridgehead atoms. The number of carboxylic acid groups (broad SMARTS) is 1. The molecule has 0 aliphatic heterocycles. The zero-order valence-corrected chi connectivity index (χ0v) is 11.7. The quantitative estimate of drug-likeness (QED) is 0.769. The Balaban J connectivity index is 1.76. The molecule has 1 aromatic rings. The predicted octanol–water partition coefficient (Wildman–Crippen LogP) is 1.25. The molecule has 1 aliphatic carbocycles. The highest BCUT2D eigenvalue weighted by atomic mass is 16.5. The van der Waals surface area contributed by atoms with Crippen LogP contribution in [0.25, 0.3) is 0 Å². The Morgan fingerprint density at radius 3 is 2.67 bits per heavy atom. The van der Waals surface area contributed by atoms with Crippen molar-refractivity contribution in [2.24, 2.45) is 5.92 Å². The van der Waals surface area contributed by atoms with Crippen LogP contribution in [0.15, 0.2) is 24.3 Å². The molecule has 1 aromatic carbocycles. The van der Waals surface area contributed by atoms with Crippen LogP contribution in [0.4, 0.5) is 0 Å². The molecule has 6 heteroatoms. The van der Waals surface area contributed by atoms with E-state index in [4.69, 9.17) is 9.84 Å². The van der Waals surface area contributed by atoms with Gasteiger partial charge in [0, 0.05) is 11.6 Å². The van der Waals surface area contributed by atoms with Gasteiger partial charge in [-0.2, -0.15) is 0 Å². The number of amides is 1. The number of aliphatic carboxylic acids is 1. The summed E-state index contributed by atoms with van der Waals surface area (Å²) in [6, 6.07) is 6.53. The van der Waals surface area contributed by atoms with E-state index in [1.807, 2.05) is 0 Å². The number of hydrogen-bond acceptors (Lipinski definition) is 4. The zero-order chi connectivity index (χ0) is 15.4. The SMILES string of the molecule is CC(=O)c1cccc(OCC(=O)NC2CC(C(=O)O)C2)c1. The molecule has 0 unspecified atom stereocenters. The molecule has 0 aromatic heterocycles. The summed E-state index contributed by atoms with van der Waals surface area (Å²) in [6.45, 7) is 1.30. The lowest BCUT2D eigenvalue weighted by molar-refractivity contribution is -0.146. The first-order chi connectivity index (χ1) is 9.95. The summed E-state index contributed by atoms with van der Waals surface area (Å²) in [7, 11) is 0. The minimum absolute atomic E-state index is 0.0703. The third-order valence-corrected chi connectivity index (χ3v) is 3.46. The summed E-state index contributed by atoms with van der Waals surface area (Å²) in [5, 5.41) is 11.5. The molecular weight excluding hydrogens is 274 g/mol. The van der Waals surface area contributed by atoms with Gasteiger partial charge in [0.2, 0.25) is 0 Å². The summed E-state index contributed by atoms with van der Waals surface area (Å²) in [5.41, 5.74) is 0.524. The summed E-state index contributed by atoms with van der Waals surface area (Å²) < 4.78 is 5.32. The van der Waals surface area contributed by atoms with Gasteiger partial charge in [-0.25, -0.2) is 0 Å². The molecule has 2 N–H and O–H groups in total. The Kier molecular flexibility index (Phi) is 4.57. The highest BCUT2D eigenvalue weighted by Gasteiger charge is 2.35. The van der Waals surface area contributed by atoms with E-state index < -0.39 is 5.97 Å². The van der Waals surface area contributed by atoms with Crippen molar-refractivity contribution in [1.82, 2.24) is 5.32 Å². The number of rotatable bonds is 6. The monoisotopic (exact) mass is 291 g/mol. The van der Waals surface area contributed by atoms with E-state index in [2.05, 4.69) is 5.32 Å². The van der Waals surface area contributed by atoms with E-state index in [1.165, 1.54) is 6.92 Å². The van der Waals surface area contributed by atoms with E-state index in [0.717, 1.165) is 0 Å². The number of ether oxygens (including phenoxy) is 1. The summed E-state index contributed by atoms with van der Waals surface area (Å²) in [4.78, 5) is 33.5. The summed E-state index contributed by atoms with van der Waals surface area (Å²) >= 11 is 0. The predicted molar refractivity (Wildman–Crippen MR) is 74.2 cm³/mol. The van der Waals surface area contributed by atoms with Crippen LogP contribution < -0.4 is 10.1 Å². The first kappa shape index (κ1) is 15.0. The molecule has 1 saturated carbocycles.